The summed E-state index contributed by atoms with van der Waals surface area (Å²) >= 11 is 0. The van der Waals surface area contributed by atoms with Crippen molar-refractivity contribution in [1.29, 1.82) is 0 Å². The SMILES string of the molecule is C=C1CC[C@@H]2[C@@H](C)C(=O)O[C@@H]2[C@@]12CCC[C@@H]2C. The van der Waals surface area contributed by atoms with Gasteiger partial charge in [0.2, 0.25) is 0 Å². The molecule has 0 aromatic rings. The molecule has 0 N–H and O–H groups in total. The Morgan fingerprint density at radius 1 is 1.35 bits per heavy atom. The van der Waals surface area contributed by atoms with Gasteiger partial charge in [0.05, 0.1) is 5.92 Å². The molecule has 17 heavy (non-hydrogen) atoms. The second kappa shape index (κ2) is 3.60. The lowest BCUT2D eigenvalue weighted by Crippen LogP contribution is -2.46. The second-order valence-electron chi connectivity index (χ2n) is 6.29. The summed E-state index contributed by atoms with van der Waals surface area (Å²) in [5.41, 5.74) is 1.47. The van der Waals surface area contributed by atoms with Crippen molar-refractivity contribution in [2.45, 2.75) is 52.1 Å². The van der Waals surface area contributed by atoms with Crippen LogP contribution in [0.5, 0.6) is 0 Å². The van der Waals surface area contributed by atoms with Crippen LogP contribution in [0, 0.1) is 23.2 Å². The fraction of sp³-hybridized carbons (Fsp3) is 0.800. The fourth-order valence-corrected chi connectivity index (χ4v) is 4.57. The Morgan fingerprint density at radius 3 is 2.76 bits per heavy atom. The Hall–Kier alpha value is -0.790. The minimum absolute atomic E-state index is 0.0215. The number of fused-ring (bicyclic) bond motifs is 2. The first kappa shape index (κ1) is 11.3. The molecule has 1 saturated heterocycles. The molecule has 2 aliphatic carbocycles. The molecule has 2 saturated carbocycles. The van der Waals surface area contributed by atoms with Gasteiger partial charge < -0.3 is 4.74 Å². The van der Waals surface area contributed by atoms with E-state index in [1.807, 2.05) is 6.92 Å². The first-order valence-electron chi connectivity index (χ1n) is 6.96. The van der Waals surface area contributed by atoms with Crippen molar-refractivity contribution in [2.24, 2.45) is 23.2 Å². The largest absolute Gasteiger partial charge is 0.461 e. The number of rotatable bonds is 0. The number of ether oxygens (including phenoxy) is 1. The van der Waals surface area contributed by atoms with Crippen molar-refractivity contribution in [2.75, 3.05) is 0 Å². The summed E-state index contributed by atoms with van der Waals surface area (Å²) in [7, 11) is 0. The summed E-state index contributed by atoms with van der Waals surface area (Å²) in [4.78, 5) is 11.8. The predicted molar refractivity (Wildman–Crippen MR) is 66.4 cm³/mol. The Labute approximate surface area is 103 Å². The molecule has 3 aliphatic rings. The summed E-state index contributed by atoms with van der Waals surface area (Å²) in [5, 5.41) is 0. The molecule has 0 bridgehead atoms. The molecule has 0 aromatic heterocycles. The van der Waals surface area contributed by atoms with Gasteiger partial charge >= 0.3 is 5.97 Å². The van der Waals surface area contributed by atoms with E-state index >= 15 is 0 Å². The first-order valence-corrected chi connectivity index (χ1v) is 6.96. The fourth-order valence-electron chi connectivity index (χ4n) is 4.57. The lowest BCUT2D eigenvalue weighted by Gasteiger charge is -2.46. The van der Waals surface area contributed by atoms with E-state index in [2.05, 4.69) is 13.5 Å². The minimum atomic E-state index is 0.0215. The zero-order chi connectivity index (χ0) is 12.2. The van der Waals surface area contributed by atoms with Crippen LogP contribution in [0.25, 0.3) is 0 Å². The summed E-state index contributed by atoms with van der Waals surface area (Å²) < 4.78 is 5.76. The minimum Gasteiger partial charge on any atom is -0.461 e. The quantitative estimate of drug-likeness (QED) is 0.475. The molecule has 3 rings (SSSR count). The average Bonchev–Trinajstić information content (AvgIpc) is 2.80. The number of carbonyl (C=O) groups is 1. The third-order valence-corrected chi connectivity index (χ3v) is 5.70. The van der Waals surface area contributed by atoms with Gasteiger partial charge in [-0.05, 0) is 31.6 Å². The maximum atomic E-state index is 11.8. The van der Waals surface area contributed by atoms with Crippen LogP contribution in [0.3, 0.4) is 0 Å². The molecule has 3 fully saturated rings. The molecular weight excluding hydrogens is 212 g/mol. The maximum Gasteiger partial charge on any atom is 0.309 e. The van der Waals surface area contributed by atoms with Gasteiger partial charge in [-0.2, -0.15) is 0 Å². The lowest BCUT2D eigenvalue weighted by atomic mass is 9.59. The lowest BCUT2D eigenvalue weighted by molar-refractivity contribution is -0.149. The van der Waals surface area contributed by atoms with Crippen LogP contribution in [0.4, 0.5) is 0 Å². The van der Waals surface area contributed by atoms with Crippen molar-refractivity contribution in [3.05, 3.63) is 12.2 Å². The number of esters is 1. The van der Waals surface area contributed by atoms with Crippen molar-refractivity contribution < 1.29 is 9.53 Å². The Morgan fingerprint density at radius 2 is 2.12 bits per heavy atom. The molecule has 0 radical (unpaired) electrons. The van der Waals surface area contributed by atoms with Gasteiger partial charge in [0.15, 0.2) is 0 Å². The first-order chi connectivity index (χ1) is 8.07. The number of carbonyl (C=O) groups excluding carboxylic acids is 1. The third kappa shape index (κ3) is 1.30. The van der Waals surface area contributed by atoms with Crippen molar-refractivity contribution in [3.8, 4) is 0 Å². The highest BCUT2D eigenvalue weighted by atomic mass is 16.6. The van der Waals surface area contributed by atoms with Crippen LogP contribution >= 0.6 is 0 Å². The Kier molecular flexibility index (Phi) is 2.39. The molecule has 0 amide bonds. The highest BCUT2D eigenvalue weighted by Gasteiger charge is 2.59. The zero-order valence-electron chi connectivity index (χ0n) is 10.9. The molecule has 5 atom stereocenters. The summed E-state index contributed by atoms with van der Waals surface area (Å²) in [6, 6.07) is 0. The van der Waals surface area contributed by atoms with Crippen LogP contribution < -0.4 is 0 Å². The van der Waals surface area contributed by atoms with E-state index in [0.717, 1.165) is 12.8 Å². The van der Waals surface area contributed by atoms with Crippen LogP contribution in [0.2, 0.25) is 0 Å². The van der Waals surface area contributed by atoms with Crippen LogP contribution in [0.15, 0.2) is 12.2 Å². The van der Waals surface area contributed by atoms with Gasteiger partial charge in [-0.15, -0.1) is 0 Å². The maximum absolute atomic E-state index is 11.8. The third-order valence-electron chi connectivity index (χ3n) is 5.70. The van der Waals surface area contributed by atoms with Crippen LogP contribution in [0.1, 0.15) is 46.0 Å². The highest BCUT2D eigenvalue weighted by molar-refractivity contribution is 5.75. The van der Waals surface area contributed by atoms with Crippen LogP contribution in [-0.4, -0.2) is 12.1 Å². The smallest absolute Gasteiger partial charge is 0.309 e. The summed E-state index contributed by atoms with van der Waals surface area (Å²) in [6.45, 7) is 8.67. The molecule has 2 nitrogen and oxygen atoms in total. The van der Waals surface area contributed by atoms with Gasteiger partial charge in [-0.25, -0.2) is 0 Å². The topological polar surface area (TPSA) is 26.3 Å². The van der Waals surface area contributed by atoms with Crippen molar-refractivity contribution in [3.63, 3.8) is 0 Å². The van der Waals surface area contributed by atoms with E-state index in [1.54, 1.807) is 0 Å². The van der Waals surface area contributed by atoms with E-state index in [-0.39, 0.29) is 23.4 Å². The highest BCUT2D eigenvalue weighted by Crippen LogP contribution is 2.60. The second-order valence-corrected chi connectivity index (χ2v) is 6.29. The molecule has 0 aromatic carbocycles. The molecule has 0 unspecified atom stereocenters. The predicted octanol–water partition coefficient (Wildman–Crippen LogP) is 3.32. The van der Waals surface area contributed by atoms with Crippen molar-refractivity contribution >= 4 is 5.97 Å². The molecule has 1 aliphatic heterocycles. The average molecular weight is 234 g/mol. The van der Waals surface area contributed by atoms with E-state index in [0.29, 0.717) is 11.8 Å². The Balaban J connectivity index is 2.01. The Bertz CT molecular complexity index is 373. The molecule has 1 heterocycles. The van der Waals surface area contributed by atoms with Gasteiger partial charge in [-0.1, -0.05) is 32.4 Å². The van der Waals surface area contributed by atoms with Gasteiger partial charge in [-0.3, -0.25) is 4.79 Å². The zero-order valence-corrected chi connectivity index (χ0v) is 10.9. The van der Waals surface area contributed by atoms with E-state index < -0.39 is 0 Å². The van der Waals surface area contributed by atoms with Crippen LogP contribution in [-0.2, 0) is 9.53 Å². The molecule has 94 valence electrons. The van der Waals surface area contributed by atoms with E-state index in [1.165, 1.54) is 24.8 Å². The molecule has 2 heteroatoms. The number of hydrogen-bond donors (Lipinski definition) is 0. The molecular formula is C15H22O2. The normalized spacial score (nSPS) is 49.5. The van der Waals surface area contributed by atoms with Gasteiger partial charge in [0, 0.05) is 11.3 Å². The van der Waals surface area contributed by atoms with Gasteiger partial charge in [0.25, 0.3) is 0 Å². The monoisotopic (exact) mass is 234 g/mol. The van der Waals surface area contributed by atoms with Crippen molar-refractivity contribution in [1.82, 2.24) is 0 Å². The standard InChI is InChI=1S/C15H22O2/c1-9-5-4-8-15(9)10(2)6-7-12-11(3)14(16)17-13(12)15/h9,11-13H,2,4-8H2,1,3H3/t9-,11+,12+,13-,15+/m0/s1. The summed E-state index contributed by atoms with van der Waals surface area (Å²) in [6.07, 6.45) is 6.00. The van der Waals surface area contributed by atoms with E-state index in [4.69, 9.17) is 4.74 Å². The molecule has 1 spiro atoms. The summed E-state index contributed by atoms with van der Waals surface area (Å²) in [5.74, 6) is 1.18. The van der Waals surface area contributed by atoms with E-state index in [9.17, 15) is 4.79 Å². The van der Waals surface area contributed by atoms with Gasteiger partial charge in [0.1, 0.15) is 6.10 Å². The number of hydrogen-bond acceptors (Lipinski definition) is 2.